The lowest BCUT2D eigenvalue weighted by Crippen LogP contribution is -1.94. The molecule has 0 heterocycles. The Kier molecular flexibility index (Phi) is 1.77. The van der Waals surface area contributed by atoms with Crippen LogP contribution in [-0.2, 0) is 0 Å². The lowest BCUT2D eigenvalue weighted by molar-refractivity contribution is 0.475. The van der Waals surface area contributed by atoms with Crippen molar-refractivity contribution in [1.82, 2.24) is 0 Å². The Balaban J connectivity index is 2.94. The summed E-state index contributed by atoms with van der Waals surface area (Å²) in [5, 5.41) is 9.19. The normalized spacial score (nSPS) is 10.7. The zero-order valence-corrected chi connectivity index (χ0v) is 7.09. The first-order valence-corrected chi connectivity index (χ1v) is 3.96. The molecule has 2 nitrogen and oxygen atoms in total. The van der Waals surface area contributed by atoms with Crippen molar-refractivity contribution in [1.29, 1.82) is 0 Å². The first-order valence-electron chi connectivity index (χ1n) is 3.96. The van der Waals surface area contributed by atoms with Gasteiger partial charge in [0.2, 0.25) is 0 Å². The maximum Gasteiger partial charge on any atom is 0.154 e. The topological polar surface area (TPSA) is 46.2 Å². The average molecular weight is 195 g/mol. The summed E-state index contributed by atoms with van der Waals surface area (Å²) in [6, 6.07) is 4.63. The highest BCUT2D eigenvalue weighted by Crippen LogP contribution is 2.28. The van der Waals surface area contributed by atoms with E-state index in [9.17, 15) is 8.78 Å². The van der Waals surface area contributed by atoms with Crippen LogP contribution in [0.25, 0.3) is 10.8 Å². The van der Waals surface area contributed by atoms with E-state index < -0.39 is 11.6 Å². The number of phenolic OH excluding ortho intramolecular Hbond substituents is 1. The third-order valence-electron chi connectivity index (χ3n) is 2.03. The standard InChI is InChI=1S/C10H7F2NO/c11-8-4-9(13)10(12)6-2-1-5(14)3-7(6)8/h1-4,14H,13H2. The molecule has 0 fully saturated rings. The number of nitrogens with two attached hydrogens (primary N) is 1. The number of aromatic hydroxyl groups is 1. The van der Waals surface area contributed by atoms with E-state index in [0.29, 0.717) is 0 Å². The summed E-state index contributed by atoms with van der Waals surface area (Å²) < 4.78 is 26.6. The van der Waals surface area contributed by atoms with Crippen LogP contribution < -0.4 is 5.73 Å². The maximum atomic E-state index is 13.3. The van der Waals surface area contributed by atoms with Crippen molar-refractivity contribution in [2.75, 3.05) is 5.73 Å². The molecule has 72 valence electrons. The van der Waals surface area contributed by atoms with E-state index in [1.807, 2.05) is 0 Å². The van der Waals surface area contributed by atoms with Gasteiger partial charge in [-0.25, -0.2) is 8.78 Å². The predicted octanol–water partition coefficient (Wildman–Crippen LogP) is 2.41. The molecule has 0 aliphatic heterocycles. The summed E-state index contributed by atoms with van der Waals surface area (Å²) in [6.07, 6.45) is 0. The molecule has 2 rings (SSSR count). The van der Waals surface area contributed by atoms with Crippen LogP contribution in [0, 0.1) is 11.6 Å². The molecule has 0 amide bonds. The molecule has 0 aromatic heterocycles. The molecular formula is C10H7F2NO. The van der Waals surface area contributed by atoms with Gasteiger partial charge < -0.3 is 10.8 Å². The molecule has 0 saturated carbocycles. The number of anilines is 1. The van der Waals surface area contributed by atoms with E-state index >= 15 is 0 Å². The van der Waals surface area contributed by atoms with Crippen molar-refractivity contribution in [3.8, 4) is 5.75 Å². The van der Waals surface area contributed by atoms with Gasteiger partial charge in [-0.05, 0) is 18.2 Å². The second-order valence-electron chi connectivity index (χ2n) is 2.99. The molecule has 0 spiro atoms. The lowest BCUT2D eigenvalue weighted by atomic mass is 10.1. The molecule has 0 aliphatic carbocycles. The van der Waals surface area contributed by atoms with Crippen LogP contribution in [0.1, 0.15) is 0 Å². The van der Waals surface area contributed by atoms with Crippen LogP contribution in [0.5, 0.6) is 5.75 Å². The van der Waals surface area contributed by atoms with Crippen molar-refractivity contribution in [2.24, 2.45) is 0 Å². The van der Waals surface area contributed by atoms with Gasteiger partial charge in [-0.3, -0.25) is 0 Å². The number of halogens is 2. The average Bonchev–Trinajstić information content (AvgIpc) is 2.14. The quantitative estimate of drug-likeness (QED) is 0.634. The molecule has 4 heteroatoms. The Morgan fingerprint density at radius 1 is 1.07 bits per heavy atom. The highest BCUT2D eigenvalue weighted by atomic mass is 19.1. The Morgan fingerprint density at radius 3 is 2.50 bits per heavy atom. The number of rotatable bonds is 0. The van der Waals surface area contributed by atoms with Gasteiger partial charge in [-0.15, -0.1) is 0 Å². The van der Waals surface area contributed by atoms with E-state index in [0.717, 1.165) is 12.1 Å². The summed E-state index contributed by atoms with van der Waals surface area (Å²) in [5.41, 5.74) is 5.01. The fourth-order valence-electron chi connectivity index (χ4n) is 1.35. The highest BCUT2D eigenvalue weighted by Gasteiger charge is 2.10. The number of hydrogen-bond acceptors (Lipinski definition) is 2. The second kappa shape index (κ2) is 2.83. The molecule has 2 aromatic rings. The van der Waals surface area contributed by atoms with Crippen molar-refractivity contribution < 1.29 is 13.9 Å². The Bertz CT molecular complexity index is 511. The van der Waals surface area contributed by atoms with Crippen molar-refractivity contribution in [3.63, 3.8) is 0 Å². The lowest BCUT2D eigenvalue weighted by Gasteiger charge is -2.04. The molecule has 2 aromatic carbocycles. The van der Waals surface area contributed by atoms with Gasteiger partial charge in [0, 0.05) is 16.8 Å². The van der Waals surface area contributed by atoms with Gasteiger partial charge in [0.15, 0.2) is 5.82 Å². The zero-order valence-electron chi connectivity index (χ0n) is 7.09. The predicted molar refractivity (Wildman–Crippen MR) is 49.9 cm³/mol. The van der Waals surface area contributed by atoms with Crippen LogP contribution in [0.2, 0.25) is 0 Å². The Hall–Kier alpha value is -1.84. The smallest absolute Gasteiger partial charge is 0.154 e. The van der Waals surface area contributed by atoms with E-state index in [1.54, 1.807) is 0 Å². The van der Waals surface area contributed by atoms with Crippen molar-refractivity contribution in [3.05, 3.63) is 35.9 Å². The van der Waals surface area contributed by atoms with Gasteiger partial charge in [0.05, 0.1) is 5.69 Å². The Labute approximate surface area is 78.6 Å². The minimum atomic E-state index is -0.665. The second-order valence-corrected chi connectivity index (χ2v) is 2.99. The van der Waals surface area contributed by atoms with Gasteiger partial charge in [-0.2, -0.15) is 0 Å². The van der Waals surface area contributed by atoms with Gasteiger partial charge in [0.25, 0.3) is 0 Å². The number of phenols is 1. The van der Waals surface area contributed by atoms with Crippen LogP contribution in [0.15, 0.2) is 24.3 Å². The molecule has 0 aliphatic rings. The first-order chi connectivity index (χ1) is 6.59. The molecule has 0 radical (unpaired) electrons. The maximum absolute atomic E-state index is 13.3. The summed E-state index contributed by atoms with van der Waals surface area (Å²) in [6.45, 7) is 0. The van der Waals surface area contributed by atoms with Crippen molar-refractivity contribution >= 4 is 16.5 Å². The molecule has 0 atom stereocenters. The van der Waals surface area contributed by atoms with Crippen molar-refractivity contribution in [2.45, 2.75) is 0 Å². The van der Waals surface area contributed by atoms with Crippen LogP contribution in [-0.4, -0.2) is 5.11 Å². The molecular weight excluding hydrogens is 188 g/mol. The third-order valence-corrected chi connectivity index (χ3v) is 2.03. The Morgan fingerprint density at radius 2 is 1.79 bits per heavy atom. The van der Waals surface area contributed by atoms with Gasteiger partial charge in [0.1, 0.15) is 11.6 Å². The van der Waals surface area contributed by atoms with Crippen LogP contribution >= 0.6 is 0 Å². The summed E-state index contributed by atoms with van der Waals surface area (Å²) in [5.74, 6) is -1.42. The fraction of sp³-hybridized carbons (Fsp3) is 0. The molecule has 14 heavy (non-hydrogen) atoms. The summed E-state index contributed by atoms with van der Waals surface area (Å²) in [7, 11) is 0. The molecule has 3 N–H and O–H groups in total. The third kappa shape index (κ3) is 1.16. The summed E-state index contributed by atoms with van der Waals surface area (Å²) >= 11 is 0. The first kappa shape index (κ1) is 8.74. The highest BCUT2D eigenvalue weighted by molar-refractivity contribution is 5.87. The van der Waals surface area contributed by atoms with Gasteiger partial charge in [-0.1, -0.05) is 0 Å². The molecule has 0 saturated heterocycles. The monoisotopic (exact) mass is 195 g/mol. The van der Waals surface area contributed by atoms with Crippen LogP contribution in [0.4, 0.5) is 14.5 Å². The minimum absolute atomic E-state index is 0.0247. The number of nitrogen functional groups attached to an aromatic ring is 1. The molecule has 0 bridgehead atoms. The van der Waals surface area contributed by atoms with E-state index in [1.165, 1.54) is 12.1 Å². The van der Waals surface area contributed by atoms with E-state index in [2.05, 4.69) is 0 Å². The molecule has 0 unspecified atom stereocenters. The number of fused-ring (bicyclic) bond motifs is 1. The minimum Gasteiger partial charge on any atom is -0.508 e. The zero-order chi connectivity index (χ0) is 10.3. The van der Waals surface area contributed by atoms with E-state index in [4.69, 9.17) is 10.8 Å². The number of hydrogen-bond donors (Lipinski definition) is 2. The largest absolute Gasteiger partial charge is 0.508 e. The SMILES string of the molecule is Nc1cc(F)c2cc(O)ccc2c1F. The van der Waals surface area contributed by atoms with Gasteiger partial charge >= 0.3 is 0 Å². The number of benzene rings is 2. The fourth-order valence-corrected chi connectivity index (χ4v) is 1.35. The van der Waals surface area contributed by atoms with E-state index in [-0.39, 0.29) is 22.2 Å². The van der Waals surface area contributed by atoms with Crippen LogP contribution in [0.3, 0.4) is 0 Å². The summed E-state index contributed by atoms with van der Waals surface area (Å²) in [4.78, 5) is 0.